The molecular weight excluding hydrogens is 382 g/mol. The number of nitrogens with one attached hydrogen (secondary N) is 2. The van der Waals surface area contributed by atoms with Gasteiger partial charge in [0.25, 0.3) is 5.91 Å². The van der Waals surface area contributed by atoms with Gasteiger partial charge in [0.15, 0.2) is 0 Å². The van der Waals surface area contributed by atoms with Gasteiger partial charge in [0.2, 0.25) is 5.91 Å². The number of hydrogen-bond acceptors (Lipinski definition) is 5. The first kappa shape index (κ1) is 20.6. The number of carbonyl (C=O) groups excluding carboxylic acids is 3. The Morgan fingerprint density at radius 1 is 1.07 bits per heavy atom. The average Bonchev–Trinajstić information content (AvgIpc) is 3.18. The van der Waals surface area contributed by atoms with E-state index in [-0.39, 0.29) is 30.8 Å². The Kier molecular flexibility index (Phi) is 6.20. The third-order valence-electron chi connectivity index (χ3n) is 6.49. The normalized spacial score (nSPS) is 21.1. The van der Waals surface area contributed by atoms with Gasteiger partial charge in [-0.2, -0.15) is 0 Å². The molecule has 162 valence electrons. The second-order valence-electron chi connectivity index (χ2n) is 8.63. The lowest BCUT2D eigenvalue weighted by molar-refractivity contribution is -0.131. The van der Waals surface area contributed by atoms with Crippen molar-refractivity contribution in [2.24, 2.45) is 0 Å². The van der Waals surface area contributed by atoms with E-state index in [2.05, 4.69) is 20.5 Å². The fourth-order valence-electron chi connectivity index (χ4n) is 4.71. The monoisotopic (exact) mass is 413 g/mol. The summed E-state index contributed by atoms with van der Waals surface area (Å²) in [5, 5.41) is 5.70. The number of carbonyl (C=O) groups is 3. The van der Waals surface area contributed by atoms with E-state index in [1.807, 2.05) is 18.3 Å². The van der Waals surface area contributed by atoms with E-state index in [1.165, 1.54) is 30.6 Å². The van der Waals surface area contributed by atoms with E-state index in [1.54, 1.807) is 0 Å². The van der Waals surface area contributed by atoms with Crippen molar-refractivity contribution >= 4 is 23.7 Å². The van der Waals surface area contributed by atoms with Crippen LogP contribution in [0.1, 0.15) is 63.4 Å². The zero-order valence-corrected chi connectivity index (χ0v) is 17.5. The second kappa shape index (κ2) is 9.02. The molecule has 1 saturated carbocycles. The Morgan fingerprint density at radius 2 is 1.80 bits per heavy atom. The average molecular weight is 414 g/mol. The summed E-state index contributed by atoms with van der Waals surface area (Å²) in [4.78, 5) is 45.1. The van der Waals surface area contributed by atoms with Gasteiger partial charge in [-0.15, -0.1) is 0 Å². The van der Waals surface area contributed by atoms with Crippen LogP contribution in [0.3, 0.4) is 0 Å². The molecule has 2 N–H and O–H groups in total. The maximum atomic E-state index is 12.6. The molecule has 2 saturated heterocycles. The van der Waals surface area contributed by atoms with Gasteiger partial charge in [-0.05, 0) is 37.3 Å². The smallest absolute Gasteiger partial charge is 0.325 e. The summed E-state index contributed by atoms with van der Waals surface area (Å²) in [6.07, 6.45) is 10.2. The lowest BCUT2D eigenvalue weighted by Crippen LogP contribution is -2.44. The molecular formula is C22H31N5O3. The van der Waals surface area contributed by atoms with Crippen molar-refractivity contribution in [3.8, 4) is 0 Å². The van der Waals surface area contributed by atoms with Gasteiger partial charge in [0.1, 0.15) is 11.4 Å². The van der Waals surface area contributed by atoms with E-state index in [0.717, 1.165) is 37.3 Å². The third-order valence-corrected chi connectivity index (χ3v) is 6.49. The Balaban J connectivity index is 1.23. The summed E-state index contributed by atoms with van der Waals surface area (Å²) in [6.45, 7) is 2.60. The number of nitrogens with zero attached hydrogens (tertiary/aromatic N) is 3. The number of urea groups is 1. The first-order valence-electron chi connectivity index (χ1n) is 11.2. The Hall–Kier alpha value is -2.64. The molecule has 4 rings (SSSR count). The summed E-state index contributed by atoms with van der Waals surface area (Å²) in [7, 11) is 0. The number of anilines is 1. The molecule has 1 aromatic rings. The Bertz CT molecular complexity index is 780. The molecule has 1 spiro atoms. The highest BCUT2D eigenvalue weighted by Crippen LogP contribution is 2.35. The van der Waals surface area contributed by atoms with Crippen molar-refractivity contribution in [3.05, 3.63) is 23.9 Å². The predicted molar refractivity (Wildman–Crippen MR) is 113 cm³/mol. The van der Waals surface area contributed by atoms with Gasteiger partial charge < -0.3 is 15.5 Å². The lowest BCUT2D eigenvalue weighted by atomic mass is 9.98. The summed E-state index contributed by atoms with van der Waals surface area (Å²) < 4.78 is 0. The van der Waals surface area contributed by atoms with Gasteiger partial charge in [0, 0.05) is 38.8 Å². The predicted octanol–water partition coefficient (Wildman–Crippen LogP) is 2.33. The Morgan fingerprint density at radius 3 is 2.47 bits per heavy atom. The highest BCUT2D eigenvalue weighted by Gasteiger charge is 2.52. The van der Waals surface area contributed by atoms with Crippen LogP contribution in [0.2, 0.25) is 0 Å². The number of aromatic nitrogens is 1. The van der Waals surface area contributed by atoms with Crippen LogP contribution in [0.5, 0.6) is 0 Å². The minimum Gasteiger partial charge on any atom is -0.357 e. The lowest BCUT2D eigenvalue weighted by Gasteiger charge is -2.21. The first-order valence-corrected chi connectivity index (χ1v) is 11.2. The minimum absolute atomic E-state index is 0.106. The fourth-order valence-corrected chi connectivity index (χ4v) is 4.71. The number of pyridine rings is 1. The SMILES string of the molecule is O=C(CCN1C(=O)NC2(CCCC2)C1=O)NCc1ccc(N2CCCCCC2)nc1. The van der Waals surface area contributed by atoms with E-state index in [0.29, 0.717) is 19.4 Å². The molecule has 3 aliphatic rings. The van der Waals surface area contributed by atoms with Crippen molar-refractivity contribution < 1.29 is 14.4 Å². The summed E-state index contributed by atoms with van der Waals surface area (Å²) in [6, 6.07) is 3.64. The van der Waals surface area contributed by atoms with Gasteiger partial charge in [0.05, 0.1) is 0 Å². The van der Waals surface area contributed by atoms with Crippen LogP contribution in [0.15, 0.2) is 18.3 Å². The molecule has 3 fully saturated rings. The molecule has 0 aromatic carbocycles. The van der Waals surface area contributed by atoms with Crippen LogP contribution in [-0.2, 0) is 16.1 Å². The summed E-state index contributed by atoms with van der Waals surface area (Å²) in [5.74, 6) is 0.636. The van der Waals surface area contributed by atoms with Crippen LogP contribution < -0.4 is 15.5 Å². The maximum Gasteiger partial charge on any atom is 0.325 e. The molecule has 0 atom stereocenters. The summed E-state index contributed by atoms with van der Waals surface area (Å²) in [5.41, 5.74) is 0.218. The number of rotatable bonds is 6. The molecule has 1 aliphatic carbocycles. The van der Waals surface area contributed by atoms with E-state index >= 15 is 0 Å². The molecule has 0 unspecified atom stereocenters. The van der Waals surface area contributed by atoms with Gasteiger partial charge in [-0.1, -0.05) is 31.7 Å². The van der Waals surface area contributed by atoms with E-state index in [4.69, 9.17) is 0 Å². The van der Waals surface area contributed by atoms with Gasteiger partial charge in [-0.3, -0.25) is 14.5 Å². The molecule has 2 aliphatic heterocycles. The molecule has 3 heterocycles. The fraction of sp³-hybridized carbons (Fsp3) is 0.636. The van der Waals surface area contributed by atoms with Gasteiger partial charge in [-0.25, -0.2) is 9.78 Å². The number of hydrogen-bond donors (Lipinski definition) is 2. The van der Waals surface area contributed by atoms with Gasteiger partial charge >= 0.3 is 6.03 Å². The quantitative estimate of drug-likeness (QED) is 0.698. The minimum atomic E-state index is -0.714. The number of imide groups is 1. The molecule has 8 heteroatoms. The largest absolute Gasteiger partial charge is 0.357 e. The molecule has 4 amide bonds. The first-order chi connectivity index (χ1) is 14.6. The van der Waals surface area contributed by atoms with E-state index in [9.17, 15) is 14.4 Å². The van der Waals surface area contributed by atoms with Crippen LogP contribution in [-0.4, -0.2) is 52.9 Å². The van der Waals surface area contributed by atoms with Crippen LogP contribution in [0.4, 0.5) is 10.6 Å². The standard InChI is InChI=1S/C22H31N5O3/c28-19(9-14-27-20(29)22(25-21(27)30)10-3-4-11-22)24-16-17-7-8-18(23-15-17)26-12-5-1-2-6-13-26/h7-8,15H,1-6,9-14,16H2,(H,24,28)(H,25,30). The Labute approximate surface area is 177 Å². The second-order valence-corrected chi connectivity index (χ2v) is 8.63. The van der Waals surface area contributed by atoms with Crippen molar-refractivity contribution in [3.63, 3.8) is 0 Å². The molecule has 8 nitrogen and oxygen atoms in total. The summed E-state index contributed by atoms with van der Waals surface area (Å²) >= 11 is 0. The molecule has 30 heavy (non-hydrogen) atoms. The van der Waals surface area contributed by atoms with Crippen molar-refractivity contribution in [2.75, 3.05) is 24.5 Å². The van der Waals surface area contributed by atoms with Crippen LogP contribution in [0.25, 0.3) is 0 Å². The number of amides is 4. The van der Waals surface area contributed by atoms with Crippen molar-refractivity contribution in [1.29, 1.82) is 0 Å². The van der Waals surface area contributed by atoms with Crippen LogP contribution >= 0.6 is 0 Å². The maximum absolute atomic E-state index is 12.6. The highest BCUT2D eigenvalue weighted by atomic mass is 16.2. The highest BCUT2D eigenvalue weighted by molar-refractivity contribution is 6.07. The molecule has 0 radical (unpaired) electrons. The zero-order chi connectivity index (χ0) is 21.0. The van der Waals surface area contributed by atoms with Crippen LogP contribution in [0, 0.1) is 0 Å². The molecule has 0 bridgehead atoms. The van der Waals surface area contributed by atoms with Crippen molar-refractivity contribution in [1.82, 2.24) is 20.5 Å². The third kappa shape index (κ3) is 4.42. The zero-order valence-electron chi connectivity index (χ0n) is 17.5. The molecule has 1 aromatic heterocycles. The van der Waals surface area contributed by atoms with E-state index < -0.39 is 5.54 Å². The van der Waals surface area contributed by atoms with Crippen molar-refractivity contribution in [2.45, 2.75) is 69.9 Å². The topological polar surface area (TPSA) is 94.6 Å².